The Labute approximate surface area is 246 Å². The van der Waals surface area contributed by atoms with E-state index in [0.29, 0.717) is 40.6 Å². The first-order valence-electron chi connectivity index (χ1n) is 13.5. The van der Waals surface area contributed by atoms with Gasteiger partial charge in [0.15, 0.2) is 0 Å². The number of aryl methyl sites for hydroxylation is 1. The quantitative estimate of drug-likeness (QED) is 0.119. The molecule has 0 aliphatic heterocycles. The number of hydrogen-bond donors (Lipinski definition) is 3. The number of nitrogens with one attached hydrogen (secondary N) is 3. The molecule has 2 amide bonds. The Hall–Kier alpha value is -4.14. The molecule has 0 spiro atoms. The minimum Gasteiger partial charge on any atom is -0.387 e. The van der Waals surface area contributed by atoms with Gasteiger partial charge in [-0.2, -0.15) is 13.2 Å². The van der Waals surface area contributed by atoms with Crippen LogP contribution in [0.15, 0.2) is 84.1 Å². The molecule has 2 aromatic rings. The third-order valence-corrected chi connectivity index (χ3v) is 5.85. The minimum absolute atomic E-state index is 0.131. The van der Waals surface area contributed by atoms with Crippen LogP contribution >= 0.6 is 0 Å². The fourth-order valence-corrected chi connectivity index (χ4v) is 3.80. The Morgan fingerprint density at radius 3 is 2.10 bits per heavy atom. The summed E-state index contributed by atoms with van der Waals surface area (Å²) in [6.07, 6.45) is 2.72. The Kier molecular flexibility index (Phi) is 14.0. The highest BCUT2D eigenvalue weighted by atomic mass is 19.4. The van der Waals surface area contributed by atoms with E-state index in [2.05, 4.69) is 42.5 Å². The van der Waals surface area contributed by atoms with Gasteiger partial charge >= 0.3 is 6.18 Å². The van der Waals surface area contributed by atoms with Crippen molar-refractivity contribution >= 4 is 23.2 Å². The maximum atomic E-state index is 13.8. The SMILES string of the molecule is C=CC.C\C=C(C(=O)Nc1cc(NC(=O)c2cc(F)cc(C(F)(F)F)c2)ccc1C)/C(NC)=C(/C=C\C(C)C)C(C)C. The molecular weight excluding hydrogens is 546 g/mol. The van der Waals surface area contributed by atoms with Gasteiger partial charge in [0.25, 0.3) is 11.8 Å². The first kappa shape index (κ1) is 35.9. The van der Waals surface area contributed by atoms with E-state index in [1.165, 1.54) is 12.1 Å². The zero-order chi connectivity index (χ0) is 32.2. The average molecular weight is 588 g/mol. The van der Waals surface area contributed by atoms with E-state index in [-0.39, 0.29) is 17.5 Å². The molecule has 9 heteroatoms. The lowest BCUT2D eigenvalue weighted by Crippen LogP contribution is -2.23. The van der Waals surface area contributed by atoms with Crippen molar-refractivity contribution in [3.8, 4) is 0 Å². The monoisotopic (exact) mass is 587 g/mol. The lowest BCUT2D eigenvalue weighted by Gasteiger charge is -2.19. The predicted octanol–water partition coefficient (Wildman–Crippen LogP) is 8.82. The number of anilines is 2. The van der Waals surface area contributed by atoms with E-state index in [0.717, 1.165) is 11.6 Å². The van der Waals surface area contributed by atoms with Crippen molar-refractivity contribution in [3.05, 3.63) is 107 Å². The van der Waals surface area contributed by atoms with Crippen LogP contribution in [0, 0.1) is 24.6 Å². The summed E-state index contributed by atoms with van der Waals surface area (Å²) in [5.74, 6) is -2.03. The third kappa shape index (κ3) is 10.7. The molecule has 2 aromatic carbocycles. The molecule has 0 bridgehead atoms. The number of halogens is 4. The zero-order valence-corrected chi connectivity index (χ0v) is 25.5. The van der Waals surface area contributed by atoms with Crippen LogP contribution in [0.5, 0.6) is 0 Å². The molecule has 0 aromatic heterocycles. The summed E-state index contributed by atoms with van der Waals surface area (Å²) in [6, 6.07) is 6.31. The van der Waals surface area contributed by atoms with Crippen molar-refractivity contribution in [3.63, 3.8) is 0 Å². The summed E-state index contributed by atoms with van der Waals surface area (Å²) in [6.45, 7) is 17.0. The molecule has 0 fully saturated rings. The predicted molar refractivity (Wildman–Crippen MR) is 164 cm³/mol. The van der Waals surface area contributed by atoms with E-state index in [9.17, 15) is 27.2 Å². The number of alkyl halides is 3. The van der Waals surface area contributed by atoms with Gasteiger partial charge in [-0.05, 0) is 74.1 Å². The summed E-state index contributed by atoms with van der Waals surface area (Å²) < 4.78 is 52.9. The van der Waals surface area contributed by atoms with Gasteiger partial charge in [0.1, 0.15) is 5.82 Å². The summed E-state index contributed by atoms with van der Waals surface area (Å²) in [5.41, 5.74) is 1.61. The molecule has 0 saturated heterocycles. The van der Waals surface area contributed by atoms with Crippen LogP contribution < -0.4 is 16.0 Å². The second-order valence-electron chi connectivity index (χ2n) is 10.1. The molecule has 0 heterocycles. The van der Waals surface area contributed by atoms with E-state index >= 15 is 0 Å². The fraction of sp³-hybridized carbons (Fsp3) is 0.333. The van der Waals surface area contributed by atoms with Crippen molar-refractivity contribution in [1.29, 1.82) is 0 Å². The maximum absolute atomic E-state index is 13.8. The highest BCUT2D eigenvalue weighted by Gasteiger charge is 2.32. The van der Waals surface area contributed by atoms with Crippen LogP contribution in [-0.2, 0) is 11.0 Å². The molecule has 0 radical (unpaired) electrons. The normalized spacial score (nSPS) is 12.5. The average Bonchev–Trinajstić information content (AvgIpc) is 2.89. The summed E-state index contributed by atoms with van der Waals surface area (Å²) in [5, 5.41) is 8.48. The number of hydrogen-bond acceptors (Lipinski definition) is 3. The molecule has 0 atom stereocenters. The van der Waals surface area contributed by atoms with Crippen LogP contribution in [-0.4, -0.2) is 18.9 Å². The summed E-state index contributed by atoms with van der Waals surface area (Å²) in [4.78, 5) is 26.0. The van der Waals surface area contributed by atoms with Crippen LogP contribution in [0.2, 0.25) is 0 Å². The highest BCUT2D eigenvalue weighted by Crippen LogP contribution is 2.31. The molecule has 42 heavy (non-hydrogen) atoms. The van der Waals surface area contributed by atoms with Crippen LogP contribution in [0.1, 0.15) is 63.0 Å². The topological polar surface area (TPSA) is 70.2 Å². The Morgan fingerprint density at radius 2 is 1.60 bits per heavy atom. The number of likely N-dealkylation sites (N-methyl/N-ethyl adjacent to an activating group) is 1. The Morgan fingerprint density at radius 1 is 0.976 bits per heavy atom. The van der Waals surface area contributed by atoms with Crippen molar-refractivity contribution in [1.82, 2.24) is 5.32 Å². The second kappa shape index (κ2) is 16.3. The third-order valence-electron chi connectivity index (χ3n) is 5.85. The lowest BCUT2D eigenvalue weighted by molar-refractivity contribution is -0.137. The van der Waals surface area contributed by atoms with E-state index in [1.54, 1.807) is 39.1 Å². The maximum Gasteiger partial charge on any atom is 0.416 e. The number of benzene rings is 2. The van der Waals surface area contributed by atoms with E-state index in [4.69, 9.17) is 0 Å². The van der Waals surface area contributed by atoms with Crippen LogP contribution in [0.3, 0.4) is 0 Å². The van der Waals surface area contributed by atoms with Gasteiger partial charge in [-0.1, -0.05) is 58.1 Å². The van der Waals surface area contributed by atoms with E-state index in [1.807, 2.05) is 26.8 Å². The molecule has 3 N–H and O–H groups in total. The summed E-state index contributed by atoms with van der Waals surface area (Å²) >= 11 is 0. The summed E-state index contributed by atoms with van der Waals surface area (Å²) in [7, 11) is 1.75. The molecule has 0 aliphatic rings. The van der Waals surface area contributed by atoms with Gasteiger partial charge in [0.2, 0.25) is 0 Å². The molecule has 2 rings (SSSR count). The Bertz CT molecular complexity index is 1350. The first-order chi connectivity index (χ1) is 19.6. The largest absolute Gasteiger partial charge is 0.416 e. The van der Waals surface area contributed by atoms with Gasteiger partial charge in [-0.25, -0.2) is 4.39 Å². The fourth-order valence-electron chi connectivity index (χ4n) is 3.80. The highest BCUT2D eigenvalue weighted by molar-refractivity contribution is 6.08. The second-order valence-corrected chi connectivity index (χ2v) is 10.1. The molecular formula is C33H41F4N3O2. The molecule has 0 saturated carbocycles. The van der Waals surface area contributed by atoms with Gasteiger partial charge in [-0.3, -0.25) is 9.59 Å². The molecule has 228 valence electrons. The number of amides is 2. The number of allylic oxidation sites excluding steroid dienone is 5. The number of carbonyl (C=O) groups excluding carboxylic acids is 2. The van der Waals surface area contributed by atoms with Crippen molar-refractivity contribution in [2.45, 2.75) is 54.6 Å². The number of carbonyl (C=O) groups is 2. The zero-order valence-electron chi connectivity index (χ0n) is 25.5. The Balaban J connectivity index is 0.00000281. The van der Waals surface area contributed by atoms with Crippen molar-refractivity contribution < 1.29 is 27.2 Å². The molecule has 5 nitrogen and oxygen atoms in total. The molecule has 0 unspecified atom stereocenters. The molecule has 0 aliphatic carbocycles. The van der Waals surface area contributed by atoms with E-state index < -0.39 is 29.0 Å². The first-order valence-corrected chi connectivity index (χ1v) is 13.5. The van der Waals surface area contributed by atoms with Gasteiger partial charge in [0.05, 0.1) is 11.1 Å². The van der Waals surface area contributed by atoms with Gasteiger partial charge in [-0.15, -0.1) is 6.58 Å². The smallest absolute Gasteiger partial charge is 0.387 e. The number of rotatable bonds is 9. The van der Waals surface area contributed by atoms with Gasteiger partial charge < -0.3 is 16.0 Å². The van der Waals surface area contributed by atoms with Crippen LogP contribution in [0.4, 0.5) is 28.9 Å². The van der Waals surface area contributed by atoms with Gasteiger partial charge in [0, 0.05) is 29.7 Å². The standard InChI is InChI=1S/C30H35F4N3O2.C3H6/c1-8-24(27(35-7)25(18(4)5)12-9-17(2)3)29(39)37-26-16-23(11-10-19(26)6)36-28(38)20-13-21(30(32,33)34)15-22(31)14-20;1-3-2/h8-18,35H,1-7H3,(H,36,38)(H,37,39);3H,1H2,2H3/b12-9-,24-8+,27-25+;. The van der Waals surface area contributed by atoms with Crippen molar-refractivity contribution in [2.75, 3.05) is 17.7 Å². The minimum atomic E-state index is -4.80. The lowest BCUT2D eigenvalue weighted by atomic mass is 9.95. The van der Waals surface area contributed by atoms with Crippen LogP contribution in [0.25, 0.3) is 0 Å². The van der Waals surface area contributed by atoms with Crippen molar-refractivity contribution in [2.24, 2.45) is 11.8 Å².